The van der Waals surface area contributed by atoms with E-state index in [0.29, 0.717) is 13.1 Å². The summed E-state index contributed by atoms with van der Waals surface area (Å²) in [7, 11) is 1.95. The summed E-state index contributed by atoms with van der Waals surface area (Å²) in [5.74, 6) is 1.43. The van der Waals surface area contributed by atoms with E-state index in [1.54, 1.807) is 6.92 Å². The third kappa shape index (κ3) is 4.14. The average Bonchev–Trinajstić information content (AvgIpc) is 2.93. The summed E-state index contributed by atoms with van der Waals surface area (Å²) in [5, 5.41) is 12.1. The first-order valence-electron chi connectivity index (χ1n) is 7.76. The van der Waals surface area contributed by atoms with Gasteiger partial charge in [0.2, 0.25) is 6.79 Å². The number of fused-ring (bicyclic) bond motifs is 1. The van der Waals surface area contributed by atoms with E-state index in [-0.39, 0.29) is 18.6 Å². The molecule has 0 saturated heterocycles. The summed E-state index contributed by atoms with van der Waals surface area (Å²) in [6.45, 7) is 6.85. The molecule has 1 aliphatic rings. The lowest BCUT2D eigenvalue weighted by atomic mass is 9.90. The second-order valence-corrected chi connectivity index (χ2v) is 6.52. The standard InChI is InChI=1S/C17H23N3O3/c1-12(2)17(3,10-18)19-16(21)9-20(4)8-13-5-6-14-15(7-13)23-11-22-14/h5-7,12H,8-9,11H2,1-4H3,(H,19,21)/p+1/t17-/m0/s1. The molecule has 2 N–H and O–H groups in total. The highest BCUT2D eigenvalue weighted by Crippen LogP contribution is 2.32. The van der Waals surface area contributed by atoms with Gasteiger partial charge in [0.25, 0.3) is 5.91 Å². The molecule has 0 radical (unpaired) electrons. The molecule has 1 unspecified atom stereocenters. The van der Waals surface area contributed by atoms with Gasteiger partial charge in [-0.05, 0) is 31.0 Å². The quantitative estimate of drug-likeness (QED) is 0.800. The molecule has 0 aliphatic carbocycles. The monoisotopic (exact) mass is 318 g/mol. The van der Waals surface area contributed by atoms with Crippen LogP contribution in [0.5, 0.6) is 11.5 Å². The largest absolute Gasteiger partial charge is 0.454 e. The maximum Gasteiger partial charge on any atom is 0.276 e. The van der Waals surface area contributed by atoms with Crippen molar-refractivity contribution < 1.29 is 19.2 Å². The number of ether oxygens (including phenoxy) is 2. The Bertz CT molecular complexity index is 624. The zero-order chi connectivity index (χ0) is 17.0. The van der Waals surface area contributed by atoms with Crippen molar-refractivity contribution in [3.63, 3.8) is 0 Å². The molecule has 23 heavy (non-hydrogen) atoms. The number of quaternary nitrogens is 1. The summed E-state index contributed by atoms with van der Waals surface area (Å²) in [6.07, 6.45) is 0. The molecule has 0 fully saturated rings. The molecule has 6 nitrogen and oxygen atoms in total. The molecule has 1 heterocycles. The summed E-state index contributed by atoms with van der Waals surface area (Å²) < 4.78 is 10.7. The maximum absolute atomic E-state index is 12.2. The van der Waals surface area contributed by atoms with Crippen LogP contribution in [0, 0.1) is 17.2 Å². The predicted molar refractivity (Wildman–Crippen MR) is 85.0 cm³/mol. The van der Waals surface area contributed by atoms with Gasteiger partial charge in [0.1, 0.15) is 12.1 Å². The van der Waals surface area contributed by atoms with Crippen LogP contribution in [0.4, 0.5) is 0 Å². The van der Waals surface area contributed by atoms with Crippen LogP contribution in [0.2, 0.25) is 0 Å². The number of hydrogen-bond acceptors (Lipinski definition) is 4. The molecule has 6 heteroatoms. The Labute approximate surface area is 137 Å². The van der Waals surface area contributed by atoms with Crippen molar-refractivity contribution in [1.29, 1.82) is 5.26 Å². The number of nitrogens with zero attached hydrogens (tertiary/aromatic N) is 1. The predicted octanol–water partition coefficient (Wildman–Crippen LogP) is 0.484. The van der Waals surface area contributed by atoms with Crippen LogP contribution >= 0.6 is 0 Å². The minimum absolute atomic E-state index is 0.0469. The Morgan fingerprint density at radius 1 is 1.43 bits per heavy atom. The van der Waals surface area contributed by atoms with Crippen LogP contribution < -0.4 is 19.7 Å². The first-order chi connectivity index (χ1) is 10.8. The lowest BCUT2D eigenvalue weighted by Crippen LogP contribution is -3.09. The molecule has 1 aromatic carbocycles. The Kier molecular flexibility index (Phi) is 5.12. The molecule has 0 spiro atoms. The fourth-order valence-electron chi connectivity index (χ4n) is 2.37. The van der Waals surface area contributed by atoms with E-state index in [0.717, 1.165) is 22.0 Å². The molecule has 1 amide bonds. The van der Waals surface area contributed by atoms with Gasteiger partial charge in [-0.2, -0.15) is 5.26 Å². The second kappa shape index (κ2) is 6.88. The highest BCUT2D eigenvalue weighted by atomic mass is 16.7. The van der Waals surface area contributed by atoms with Crippen LogP contribution in [0.15, 0.2) is 18.2 Å². The molecule has 0 bridgehead atoms. The third-order valence-electron chi connectivity index (χ3n) is 4.19. The van der Waals surface area contributed by atoms with Crippen molar-refractivity contribution in [2.75, 3.05) is 20.4 Å². The SMILES string of the molecule is CC(C)[C@](C)(C#N)NC(=O)C[NH+](C)Cc1ccc2c(c1)OCO2. The van der Waals surface area contributed by atoms with Gasteiger partial charge in [0.05, 0.1) is 13.1 Å². The van der Waals surface area contributed by atoms with Crippen LogP contribution in [0.3, 0.4) is 0 Å². The molecule has 1 aromatic rings. The Balaban J connectivity index is 1.91. The van der Waals surface area contributed by atoms with Gasteiger partial charge in [0, 0.05) is 5.56 Å². The molecule has 0 aromatic heterocycles. The highest BCUT2D eigenvalue weighted by molar-refractivity contribution is 5.78. The molecular formula is C17H24N3O3+. The lowest BCUT2D eigenvalue weighted by molar-refractivity contribution is -0.885. The normalized spacial score (nSPS) is 16.5. The molecule has 1 aliphatic heterocycles. The molecule has 2 atom stereocenters. The highest BCUT2D eigenvalue weighted by Gasteiger charge is 2.30. The van der Waals surface area contributed by atoms with Gasteiger partial charge in [-0.1, -0.05) is 13.8 Å². The van der Waals surface area contributed by atoms with Gasteiger partial charge < -0.3 is 19.7 Å². The van der Waals surface area contributed by atoms with Gasteiger partial charge in [-0.3, -0.25) is 4.79 Å². The fourth-order valence-corrected chi connectivity index (χ4v) is 2.37. The summed E-state index contributed by atoms with van der Waals surface area (Å²) in [5.41, 5.74) is 0.238. The van der Waals surface area contributed by atoms with Gasteiger partial charge in [0.15, 0.2) is 18.0 Å². The first-order valence-corrected chi connectivity index (χ1v) is 7.76. The van der Waals surface area contributed by atoms with Gasteiger partial charge in [-0.15, -0.1) is 0 Å². The van der Waals surface area contributed by atoms with E-state index in [9.17, 15) is 10.1 Å². The zero-order valence-corrected chi connectivity index (χ0v) is 14.1. The van der Waals surface area contributed by atoms with E-state index in [1.807, 2.05) is 39.1 Å². The number of amides is 1. The summed E-state index contributed by atoms with van der Waals surface area (Å²) in [6, 6.07) is 7.99. The minimum atomic E-state index is -0.837. The van der Waals surface area contributed by atoms with Crippen LogP contribution in [-0.4, -0.2) is 31.8 Å². The molecular weight excluding hydrogens is 294 g/mol. The average molecular weight is 318 g/mol. The van der Waals surface area contributed by atoms with E-state index < -0.39 is 5.54 Å². The maximum atomic E-state index is 12.2. The smallest absolute Gasteiger partial charge is 0.276 e. The molecule has 124 valence electrons. The van der Waals surface area contributed by atoms with Crippen molar-refractivity contribution in [2.24, 2.45) is 5.92 Å². The number of hydrogen-bond donors (Lipinski definition) is 2. The van der Waals surface area contributed by atoms with Crippen LogP contribution in [-0.2, 0) is 11.3 Å². The molecule has 0 saturated carbocycles. The number of carbonyl (C=O) groups excluding carboxylic acids is 1. The van der Waals surface area contributed by atoms with Crippen molar-refractivity contribution in [3.8, 4) is 17.6 Å². The van der Waals surface area contributed by atoms with E-state index in [4.69, 9.17) is 9.47 Å². The zero-order valence-electron chi connectivity index (χ0n) is 14.1. The number of benzene rings is 1. The van der Waals surface area contributed by atoms with Crippen molar-refractivity contribution in [2.45, 2.75) is 32.9 Å². The Hall–Kier alpha value is -2.26. The number of rotatable bonds is 6. The lowest BCUT2D eigenvalue weighted by Gasteiger charge is -2.27. The first kappa shape index (κ1) is 17.1. The number of nitriles is 1. The summed E-state index contributed by atoms with van der Waals surface area (Å²) >= 11 is 0. The topological polar surface area (TPSA) is 75.8 Å². The van der Waals surface area contributed by atoms with Gasteiger partial charge in [-0.25, -0.2) is 0 Å². The second-order valence-electron chi connectivity index (χ2n) is 6.52. The fraction of sp³-hybridized carbons (Fsp3) is 0.529. The van der Waals surface area contributed by atoms with Crippen LogP contribution in [0.1, 0.15) is 26.3 Å². The number of carbonyl (C=O) groups is 1. The Morgan fingerprint density at radius 2 is 2.13 bits per heavy atom. The van der Waals surface area contributed by atoms with Crippen LogP contribution in [0.25, 0.3) is 0 Å². The summed E-state index contributed by atoms with van der Waals surface area (Å²) in [4.78, 5) is 13.2. The number of likely N-dealkylation sites (N-methyl/N-ethyl adjacent to an activating group) is 1. The van der Waals surface area contributed by atoms with E-state index in [1.165, 1.54) is 0 Å². The third-order valence-corrected chi connectivity index (χ3v) is 4.19. The number of nitrogens with one attached hydrogen (secondary N) is 2. The van der Waals surface area contributed by atoms with Crippen molar-refractivity contribution in [3.05, 3.63) is 23.8 Å². The molecule has 2 rings (SSSR count). The van der Waals surface area contributed by atoms with Crippen molar-refractivity contribution >= 4 is 5.91 Å². The van der Waals surface area contributed by atoms with E-state index >= 15 is 0 Å². The minimum Gasteiger partial charge on any atom is -0.454 e. The van der Waals surface area contributed by atoms with Gasteiger partial charge >= 0.3 is 0 Å². The van der Waals surface area contributed by atoms with Crippen molar-refractivity contribution in [1.82, 2.24) is 5.32 Å². The van der Waals surface area contributed by atoms with E-state index in [2.05, 4.69) is 11.4 Å². The Morgan fingerprint density at radius 3 is 2.78 bits per heavy atom.